The summed E-state index contributed by atoms with van der Waals surface area (Å²) in [5.41, 5.74) is 5.77. The second-order valence-corrected chi connectivity index (χ2v) is 4.27. The lowest BCUT2D eigenvalue weighted by molar-refractivity contribution is 0.161. The molecule has 0 atom stereocenters. The van der Waals surface area contributed by atoms with E-state index >= 15 is 0 Å². The van der Waals surface area contributed by atoms with Gasteiger partial charge in [0.05, 0.1) is 0 Å². The van der Waals surface area contributed by atoms with Crippen molar-refractivity contribution in [2.75, 3.05) is 19.0 Å². The minimum absolute atomic E-state index is 0.480. The van der Waals surface area contributed by atoms with Gasteiger partial charge in [-0.25, -0.2) is 5.48 Å². The summed E-state index contributed by atoms with van der Waals surface area (Å²) in [6.07, 6.45) is 0. The molecule has 0 bridgehead atoms. The summed E-state index contributed by atoms with van der Waals surface area (Å²) in [4.78, 5) is 2.05. The molecule has 84 valence electrons. The van der Waals surface area contributed by atoms with Gasteiger partial charge < -0.3 is 10.1 Å². The van der Waals surface area contributed by atoms with Crippen molar-refractivity contribution in [3.05, 3.63) is 29.3 Å². The Morgan fingerprint density at radius 1 is 1.33 bits per heavy atom. The first-order valence-electron chi connectivity index (χ1n) is 5.23. The molecule has 1 aromatic rings. The fourth-order valence-electron chi connectivity index (χ4n) is 1.63. The molecule has 15 heavy (non-hydrogen) atoms. The molecule has 0 fully saturated rings. The molecule has 0 heterocycles. The number of hydroxylamine groups is 1. The van der Waals surface area contributed by atoms with Crippen LogP contribution in [0.4, 0.5) is 5.69 Å². The van der Waals surface area contributed by atoms with E-state index in [1.54, 1.807) is 0 Å². The fraction of sp³-hybridized carbons (Fsp3) is 0.500. The number of hydrogen-bond donors (Lipinski definition) is 2. The third-order valence-electron chi connectivity index (χ3n) is 2.52. The molecule has 0 aromatic heterocycles. The molecule has 0 saturated heterocycles. The Balaban J connectivity index is 3.08. The molecule has 0 aliphatic carbocycles. The minimum atomic E-state index is 0.480. The number of anilines is 1. The highest BCUT2D eigenvalue weighted by Gasteiger charge is 2.07. The predicted molar refractivity (Wildman–Crippen MR) is 63.5 cm³/mol. The number of nitrogens with zero attached hydrogens (tertiary/aromatic N) is 1. The van der Waals surface area contributed by atoms with Crippen LogP contribution in [0, 0.1) is 0 Å². The van der Waals surface area contributed by atoms with E-state index in [1.807, 2.05) is 14.1 Å². The minimum Gasteiger partial charge on any atom is -0.377 e. The highest BCUT2D eigenvalue weighted by Crippen LogP contribution is 2.24. The van der Waals surface area contributed by atoms with E-state index < -0.39 is 0 Å². The number of hydrogen-bond acceptors (Lipinski definition) is 3. The Bertz CT molecular complexity index is 321. The molecule has 3 nitrogen and oxygen atoms in total. The van der Waals surface area contributed by atoms with Gasteiger partial charge in [0, 0.05) is 26.3 Å². The quantitative estimate of drug-likeness (QED) is 0.746. The Hall–Kier alpha value is -1.06. The van der Waals surface area contributed by atoms with Gasteiger partial charge in [-0.3, -0.25) is 0 Å². The third-order valence-corrected chi connectivity index (χ3v) is 2.52. The van der Waals surface area contributed by atoms with Gasteiger partial charge in [0.1, 0.15) is 0 Å². The van der Waals surface area contributed by atoms with Crippen molar-refractivity contribution in [1.29, 1.82) is 0 Å². The topological polar surface area (TPSA) is 35.5 Å². The molecule has 1 aromatic carbocycles. The fourth-order valence-corrected chi connectivity index (χ4v) is 1.63. The zero-order valence-corrected chi connectivity index (χ0v) is 9.91. The molecule has 3 heteroatoms. The standard InChI is InChI=1S/C12H20N2O/c1-9(2)10-5-6-12(14(3)4)11(7-10)8-13-15/h5-7,9,13,15H,8H2,1-4H3. The van der Waals surface area contributed by atoms with Crippen LogP contribution in [-0.4, -0.2) is 19.3 Å². The van der Waals surface area contributed by atoms with Crippen molar-refractivity contribution in [2.45, 2.75) is 26.3 Å². The lowest BCUT2D eigenvalue weighted by atomic mass is 9.99. The van der Waals surface area contributed by atoms with E-state index in [4.69, 9.17) is 5.21 Å². The normalized spacial score (nSPS) is 10.8. The van der Waals surface area contributed by atoms with Crippen LogP contribution < -0.4 is 10.4 Å². The predicted octanol–water partition coefficient (Wildman–Crippen LogP) is 2.35. The highest BCUT2D eigenvalue weighted by molar-refractivity contribution is 5.54. The largest absolute Gasteiger partial charge is 0.377 e. The van der Waals surface area contributed by atoms with Crippen LogP contribution in [-0.2, 0) is 6.54 Å². The van der Waals surface area contributed by atoms with Crippen molar-refractivity contribution in [3.63, 3.8) is 0 Å². The number of nitrogens with one attached hydrogen (secondary N) is 1. The summed E-state index contributed by atoms with van der Waals surface area (Å²) in [5.74, 6) is 0.513. The molecule has 2 N–H and O–H groups in total. The molecular weight excluding hydrogens is 188 g/mol. The summed E-state index contributed by atoms with van der Waals surface area (Å²) in [6.45, 7) is 4.82. The second-order valence-electron chi connectivity index (χ2n) is 4.27. The van der Waals surface area contributed by atoms with E-state index in [9.17, 15) is 0 Å². The van der Waals surface area contributed by atoms with Crippen molar-refractivity contribution < 1.29 is 5.21 Å². The highest BCUT2D eigenvalue weighted by atomic mass is 16.5. The van der Waals surface area contributed by atoms with E-state index in [0.29, 0.717) is 12.5 Å². The van der Waals surface area contributed by atoms with E-state index in [1.165, 1.54) is 5.56 Å². The molecule has 0 amide bonds. The van der Waals surface area contributed by atoms with Gasteiger partial charge in [-0.2, -0.15) is 0 Å². The average Bonchev–Trinajstić information content (AvgIpc) is 2.17. The molecule has 0 saturated carbocycles. The molecule has 0 unspecified atom stereocenters. The van der Waals surface area contributed by atoms with Gasteiger partial charge >= 0.3 is 0 Å². The van der Waals surface area contributed by atoms with Crippen molar-refractivity contribution >= 4 is 5.69 Å². The Kier molecular flexibility index (Phi) is 4.12. The zero-order chi connectivity index (χ0) is 11.4. The maximum Gasteiger partial charge on any atom is 0.0478 e. The maximum atomic E-state index is 8.79. The van der Waals surface area contributed by atoms with Gasteiger partial charge in [0.15, 0.2) is 0 Å². The lowest BCUT2D eigenvalue weighted by Gasteiger charge is -2.19. The Labute approximate surface area is 91.7 Å². The summed E-state index contributed by atoms with van der Waals surface area (Å²) in [6, 6.07) is 6.38. The maximum absolute atomic E-state index is 8.79. The number of rotatable bonds is 4. The zero-order valence-electron chi connectivity index (χ0n) is 9.91. The first-order valence-corrected chi connectivity index (χ1v) is 5.23. The van der Waals surface area contributed by atoms with Crippen LogP contribution in [0.3, 0.4) is 0 Å². The summed E-state index contributed by atoms with van der Waals surface area (Å²) >= 11 is 0. The van der Waals surface area contributed by atoms with Gasteiger partial charge in [-0.1, -0.05) is 26.0 Å². The summed E-state index contributed by atoms with van der Waals surface area (Å²) in [5, 5.41) is 8.79. The summed E-state index contributed by atoms with van der Waals surface area (Å²) < 4.78 is 0. The SMILES string of the molecule is CC(C)c1ccc(N(C)C)c(CNO)c1. The molecular formula is C12H20N2O. The van der Waals surface area contributed by atoms with E-state index in [2.05, 4.69) is 42.4 Å². The second kappa shape index (κ2) is 5.14. The smallest absolute Gasteiger partial charge is 0.0478 e. The Morgan fingerprint density at radius 2 is 2.00 bits per heavy atom. The van der Waals surface area contributed by atoms with Crippen LogP contribution in [0.2, 0.25) is 0 Å². The monoisotopic (exact) mass is 208 g/mol. The van der Waals surface area contributed by atoms with Crippen LogP contribution in [0.25, 0.3) is 0 Å². The summed E-state index contributed by atoms with van der Waals surface area (Å²) in [7, 11) is 4.01. The molecule has 0 aliphatic heterocycles. The van der Waals surface area contributed by atoms with E-state index in [0.717, 1.165) is 11.3 Å². The van der Waals surface area contributed by atoms with Gasteiger partial charge in [-0.15, -0.1) is 0 Å². The number of benzene rings is 1. The van der Waals surface area contributed by atoms with Crippen LogP contribution in [0.1, 0.15) is 30.9 Å². The first-order chi connectivity index (χ1) is 7.06. The molecule has 0 radical (unpaired) electrons. The Morgan fingerprint density at radius 3 is 2.47 bits per heavy atom. The molecule has 0 aliphatic rings. The van der Waals surface area contributed by atoms with Crippen molar-refractivity contribution in [2.24, 2.45) is 0 Å². The average molecular weight is 208 g/mol. The van der Waals surface area contributed by atoms with Crippen molar-refractivity contribution in [3.8, 4) is 0 Å². The van der Waals surface area contributed by atoms with Gasteiger partial charge in [-0.05, 0) is 23.1 Å². The van der Waals surface area contributed by atoms with E-state index in [-0.39, 0.29) is 0 Å². The van der Waals surface area contributed by atoms with Gasteiger partial charge in [0.2, 0.25) is 0 Å². The first kappa shape index (κ1) is 12.0. The molecule has 1 rings (SSSR count). The third kappa shape index (κ3) is 2.94. The lowest BCUT2D eigenvalue weighted by Crippen LogP contribution is -2.15. The molecule has 0 spiro atoms. The van der Waals surface area contributed by atoms with Crippen molar-refractivity contribution in [1.82, 2.24) is 5.48 Å². The van der Waals surface area contributed by atoms with Crippen LogP contribution >= 0.6 is 0 Å². The van der Waals surface area contributed by atoms with Gasteiger partial charge in [0.25, 0.3) is 0 Å². The van der Waals surface area contributed by atoms with Crippen LogP contribution in [0.5, 0.6) is 0 Å². The van der Waals surface area contributed by atoms with Crippen LogP contribution in [0.15, 0.2) is 18.2 Å².